The van der Waals surface area contributed by atoms with Crippen LogP contribution in [-0.4, -0.2) is 42.0 Å². The Morgan fingerprint density at radius 1 is 1.10 bits per heavy atom. The Balaban J connectivity index is 1.47. The molecule has 0 radical (unpaired) electrons. The summed E-state index contributed by atoms with van der Waals surface area (Å²) in [5.41, 5.74) is 2.10. The molecule has 0 aliphatic carbocycles. The second kappa shape index (κ2) is 9.52. The number of esters is 1. The van der Waals surface area contributed by atoms with Crippen molar-refractivity contribution >= 4 is 33.4 Å². The highest BCUT2D eigenvalue weighted by molar-refractivity contribution is 7.18. The first-order valence-electron chi connectivity index (χ1n) is 9.46. The Morgan fingerprint density at radius 2 is 1.83 bits per heavy atom. The molecule has 0 bridgehead atoms. The quantitative estimate of drug-likeness (QED) is 0.523. The Morgan fingerprint density at radius 3 is 2.52 bits per heavy atom. The summed E-state index contributed by atoms with van der Waals surface area (Å²) < 4.78 is 11.5. The summed E-state index contributed by atoms with van der Waals surface area (Å²) in [5.74, 6) is -0.289. The van der Waals surface area contributed by atoms with Crippen molar-refractivity contribution in [1.82, 2.24) is 9.88 Å². The number of fused-ring (bicyclic) bond motifs is 1. The maximum absolute atomic E-state index is 12.4. The standard InChI is InChI=1S/C22H24N2O4S/c1-4-16-9-11-17(12-10-16)27-14-21(26)28-13-20(25)24(3)15(2)22-23-18-7-5-6-8-19(18)29-22/h5-12,15H,4,13-14H2,1-3H3/t15-/m0/s1. The van der Waals surface area contributed by atoms with Crippen LogP contribution in [0, 0.1) is 0 Å². The molecule has 0 N–H and O–H groups in total. The van der Waals surface area contributed by atoms with Gasteiger partial charge in [0.25, 0.3) is 5.91 Å². The maximum atomic E-state index is 12.4. The van der Waals surface area contributed by atoms with Crippen molar-refractivity contribution < 1.29 is 19.1 Å². The summed E-state index contributed by atoms with van der Waals surface area (Å²) in [6.45, 7) is 3.40. The van der Waals surface area contributed by atoms with E-state index >= 15 is 0 Å². The maximum Gasteiger partial charge on any atom is 0.344 e. The van der Waals surface area contributed by atoms with E-state index in [1.165, 1.54) is 10.5 Å². The molecule has 1 aromatic heterocycles. The first kappa shape index (κ1) is 20.8. The Kier molecular flexibility index (Phi) is 6.82. The van der Waals surface area contributed by atoms with Crippen molar-refractivity contribution in [2.45, 2.75) is 26.3 Å². The van der Waals surface area contributed by atoms with E-state index < -0.39 is 5.97 Å². The molecule has 152 valence electrons. The molecule has 1 atom stereocenters. The number of thiazole rings is 1. The molecule has 0 unspecified atom stereocenters. The van der Waals surface area contributed by atoms with Crippen LogP contribution in [0.25, 0.3) is 10.2 Å². The summed E-state index contributed by atoms with van der Waals surface area (Å²) in [4.78, 5) is 30.4. The second-order valence-electron chi connectivity index (χ2n) is 6.65. The fraction of sp³-hybridized carbons (Fsp3) is 0.318. The van der Waals surface area contributed by atoms with Crippen molar-refractivity contribution in [3.8, 4) is 5.75 Å². The summed E-state index contributed by atoms with van der Waals surface area (Å²) in [6, 6.07) is 15.1. The normalized spacial score (nSPS) is 11.8. The molecule has 6 nitrogen and oxygen atoms in total. The average Bonchev–Trinajstić information content (AvgIpc) is 3.19. The van der Waals surface area contributed by atoms with E-state index in [9.17, 15) is 9.59 Å². The number of likely N-dealkylation sites (N-methyl/N-ethyl adjacent to an activating group) is 1. The minimum Gasteiger partial charge on any atom is -0.482 e. The van der Waals surface area contributed by atoms with Gasteiger partial charge in [-0.05, 0) is 43.2 Å². The number of carbonyl (C=O) groups excluding carboxylic acids is 2. The van der Waals surface area contributed by atoms with Gasteiger partial charge in [-0.3, -0.25) is 4.79 Å². The highest BCUT2D eigenvalue weighted by Gasteiger charge is 2.21. The average molecular weight is 413 g/mol. The third kappa shape index (κ3) is 5.32. The number of amides is 1. The third-order valence-corrected chi connectivity index (χ3v) is 5.89. The van der Waals surface area contributed by atoms with Gasteiger partial charge in [0.2, 0.25) is 0 Å². The molecule has 0 aliphatic rings. The molecular weight excluding hydrogens is 388 g/mol. The van der Waals surface area contributed by atoms with Crippen LogP contribution in [0.15, 0.2) is 48.5 Å². The SMILES string of the molecule is CCc1ccc(OCC(=O)OCC(=O)N(C)[C@@H](C)c2nc3ccccc3s2)cc1. The van der Waals surface area contributed by atoms with E-state index in [2.05, 4.69) is 11.9 Å². The number of nitrogens with zero attached hydrogens (tertiary/aromatic N) is 2. The van der Waals surface area contributed by atoms with E-state index in [0.717, 1.165) is 21.6 Å². The van der Waals surface area contributed by atoms with Crippen LogP contribution in [0.1, 0.15) is 30.5 Å². The minimum absolute atomic E-state index is 0.216. The van der Waals surface area contributed by atoms with Crippen molar-refractivity contribution in [2.24, 2.45) is 0 Å². The van der Waals surface area contributed by atoms with Crippen molar-refractivity contribution in [2.75, 3.05) is 20.3 Å². The molecular formula is C22H24N2O4S. The van der Waals surface area contributed by atoms with Crippen LogP contribution in [0.5, 0.6) is 5.75 Å². The van der Waals surface area contributed by atoms with Gasteiger partial charge in [0, 0.05) is 7.05 Å². The molecule has 0 saturated carbocycles. The summed E-state index contributed by atoms with van der Waals surface area (Å²) >= 11 is 1.55. The number of aryl methyl sites for hydroxylation is 1. The molecule has 0 saturated heterocycles. The summed E-state index contributed by atoms with van der Waals surface area (Å²) in [7, 11) is 1.68. The zero-order chi connectivity index (χ0) is 20.8. The lowest BCUT2D eigenvalue weighted by Crippen LogP contribution is -2.34. The summed E-state index contributed by atoms with van der Waals surface area (Å²) in [6.07, 6.45) is 0.938. The van der Waals surface area contributed by atoms with Gasteiger partial charge in [0.15, 0.2) is 13.2 Å². The van der Waals surface area contributed by atoms with Crippen molar-refractivity contribution in [1.29, 1.82) is 0 Å². The number of ether oxygens (including phenoxy) is 2. The van der Waals surface area contributed by atoms with Gasteiger partial charge in [0.05, 0.1) is 16.3 Å². The molecule has 3 aromatic rings. The lowest BCUT2D eigenvalue weighted by atomic mass is 10.2. The molecule has 3 rings (SSSR count). The zero-order valence-electron chi connectivity index (χ0n) is 16.8. The monoisotopic (exact) mass is 412 g/mol. The largest absolute Gasteiger partial charge is 0.482 e. The number of hydrogen-bond acceptors (Lipinski definition) is 6. The third-order valence-electron chi connectivity index (χ3n) is 4.69. The van der Waals surface area contributed by atoms with Gasteiger partial charge in [-0.2, -0.15) is 0 Å². The molecule has 29 heavy (non-hydrogen) atoms. The van der Waals surface area contributed by atoms with Crippen LogP contribution < -0.4 is 4.74 Å². The minimum atomic E-state index is -0.584. The molecule has 1 heterocycles. The van der Waals surface area contributed by atoms with Gasteiger partial charge >= 0.3 is 5.97 Å². The molecule has 1 amide bonds. The molecule has 2 aromatic carbocycles. The van der Waals surface area contributed by atoms with Gasteiger partial charge in [0.1, 0.15) is 10.8 Å². The highest BCUT2D eigenvalue weighted by Crippen LogP contribution is 2.28. The van der Waals surface area contributed by atoms with E-state index in [4.69, 9.17) is 9.47 Å². The van der Waals surface area contributed by atoms with Crippen LogP contribution >= 0.6 is 11.3 Å². The molecule has 0 spiro atoms. The number of aromatic nitrogens is 1. The Hall–Kier alpha value is -2.93. The van der Waals surface area contributed by atoms with Crippen LogP contribution in [0.4, 0.5) is 0 Å². The number of carbonyl (C=O) groups is 2. The van der Waals surface area contributed by atoms with E-state index in [-0.39, 0.29) is 25.2 Å². The fourth-order valence-electron chi connectivity index (χ4n) is 2.70. The summed E-state index contributed by atoms with van der Waals surface area (Å²) in [5, 5.41) is 0.840. The van der Waals surface area contributed by atoms with E-state index in [0.29, 0.717) is 5.75 Å². The number of hydrogen-bond donors (Lipinski definition) is 0. The lowest BCUT2D eigenvalue weighted by molar-refractivity contribution is -0.153. The molecule has 0 fully saturated rings. The second-order valence-corrected chi connectivity index (χ2v) is 7.71. The lowest BCUT2D eigenvalue weighted by Gasteiger charge is -2.23. The van der Waals surface area contributed by atoms with Crippen molar-refractivity contribution in [3.05, 3.63) is 59.1 Å². The van der Waals surface area contributed by atoms with Crippen LogP contribution in [0.3, 0.4) is 0 Å². The van der Waals surface area contributed by atoms with E-state index in [1.54, 1.807) is 18.4 Å². The number of rotatable bonds is 8. The van der Waals surface area contributed by atoms with Crippen LogP contribution in [-0.2, 0) is 20.7 Å². The topological polar surface area (TPSA) is 68.7 Å². The Labute approximate surface area is 174 Å². The zero-order valence-corrected chi connectivity index (χ0v) is 17.6. The Bertz CT molecular complexity index is 951. The smallest absolute Gasteiger partial charge is 0.344 e. The first-order valence-corrected chi connectivity index (χ1v) is 10.3. The first-order chi connectivity index (χ1) is 14.0. The predicted molar refractivity (Wildman–Crippen MR) is 113 cm³/mol. The van der Waals surface area contributed by atoms with Gasteiger partial charge in [-0.25, -0.2) is 9.78 Å². The van der Waals surface area contributed by atoms with E-state index in [1.807, 2.05) is 55.5 Å². The predicted octanol–water partition coefficient (Wildman–Crippen LogP) is 4.00. The molecule has 0 aliphatic heterocycles. The van der Waals surface area contributed by atoms with Gasteiger partial charge < -0.3 is 14.4 Å². The molecule has 7 heteroatoms. The van der Waals surface area contributed by atoms with Gasteiger partial charge in [-0.15, -0.1) is 11.3 Å². The van der Waals surface area contributed by atoms with Crippen LogP contribution in [0.2, 0.25) is 0 Å². The van der Waals surface area contributed by atoms with Crippen molar-refractivity contribution in [3.63, 3.8) is 0 Å². The van der Waals surface area contributed by atoms with Gasteiger partial charge in [-0.1, -0.05) is 31.2 Å². The number of para-hydroxylation sites is 1. The highest BCUT2D eigenvalue weighted by atomic mass is 32.1. The fourth-order valence-corrected chi connectivity index (χ4v) is 3.76. The number of benzene rings is 2.